The molecular formula is C11H15N3O3PS+. The molecular weight excluding hydrogens is 285 g/mol. The molecule has 2 rings (SSSR count). The molecule has 0 N–H and O–H groups in total. The van der Waals surface area contributed by atoms with Crippen LogP contribution in [-0.4, -0.2) is 23.1 Å². The lowest BCUT2D eigenvalue weighted by molar-refractivity contribution is -0.679. The highest BCUT2D eigenvalue weighted by atomic mass is 32.1. The Morgan fingerprint density at radius 2 is 2.16 bits per heavy atom. The fourth-order valence-electron chi connectivity index (χ4n) is 1.54. The minimum Gasteiger partial charge on any atom is -0.308 e. The Balaban J connectivity index is 2.13. The van der Waals surface area contributed by atoms with E-state index >= 15 is 0 Å². The maximum Gasteiger partial charge on any atom is 0.394 e. The van der Waals surface area contributed by atoms with Gasteiger partial charge in [0.1, 0.15) is 11.3 Å². The minimum absolute atomic E-state index is 0.188. The summed E-state index contributed by atoms with van der Waals surface area (Å²) in [7, 11) is -1.66. The van der Waals surface area contributed by atoms with Gasteiger partial charge in [0.25, 0.3) is 0 Å². The third kappa shape index (κ3) is 3.67. The van der Waals surface area contributed by atoms with Gasteiger partial charge in [-0.3, -0.25) is 4.57 Å². The Bertz CT molecular complexity index is 559. The predicted octanol–water partition coefficient (Wildman–Crippen LogP) is 2.33. The summed E-state index contributed by atoms with van der Waals surface area (Å²) < 4.78 is 28.1. The molecule has 0 amide bonds. The van der Waals surface area contributed by atoms with Gasteiger partial charge in [-0.1, -0.05) is 0 Å². The first-order valence-corrected chi connectivity index (χ1v) is 8.22. The summed E-state index contributed by atoms with van der Waals surface area (Å²) >= 11 is 1.33. The van der Waals surface area contributed by atoms with Gasteiger partial charge < -0.3 is 9.05 Å². The van der Waals surface area contributed by atoms with Crippen LogP contribution in [0.3, 0.4) is 0 Å². The average molecular weight is 300 g/mol. The molecule has 0 fully saturated rings. The molecule has 0 saturated heterocycles. The fraction of sp³-hybridized carbons (Fsp3) is 0.364. The highest BCUT2D eigenvalue weighted by Crippen LogP contribution is 2.47. The van der Waals surface area contributed by atoms with Gasteiger partial charge in [-0.25, -0.2) is 4.98 Å². The predicted molar refractivity (Wildman–Crippen MR) is 71.8 cm³/mol. The lowest BCUT2D eigenvalue weighted by Crippen LogP contribution is -2.33. The van der Waals surface area contributed by atoms with E-state index in [2.05, 4.69) is 9.36 Å². The second-order valence-electron chi connectivity index (χ2n) is 3.70. The Hall–Kier alpha value is -1.14. The van der Waals surface area contributed by atoms with Crippen molar-refractivity contribution in [3.8, 4) is 10.6 Å². The van der Waals surface area contributed by atoms with Crippen LogP contribution < -0.4 is 4.57 Å². The van der Waals surface area contributed by atoms with Crippen molar-refractivity contribution in [1.82, 2.24) is 9.36 Å². The number of pyridine rings is 1. The Labute approximate surface area is 115 Å². The normalized spacial score (nSPS) is 14.2. The summed E-state index contributed by atoms with van der Waals surface area (Å²) in [5, 5.41) is 0.854. The maximum absolute atomic E-state index is 12.2. The summed E-state index contributed by atoms with van der Waals surface area (Å²) in [6.07, 6.45) is 5.35. The van der Waals surface area contributed by atoms with Crippen LogP contribution in [0.2, 0.25) is 0 Å². The van der Waals surface area contributed by atoms with E-state index in [0.717, 1.165) is 10.6 Å². The number of hydrogen-bond donors (Lipinski definition) is 0. The van der Waals surface area contributed by atoms with Crippen LogP contribution in [0.15, 0.2) is 30.9 Å². The zero-order valence-corrected chi connectivity index (χ0v) is 12.4. The van der Waals surface area contributed by atoms with E-state index in [1.54, 1.807) is 11.5 Å². The molecule has 0 aliphatic rings. The topological polar surface area (TPSA) is 65.2 Å². The molecule has 0 saturated carbocycles. The van der Waals surface area contributed by atoms with E-state index in [-0.39, 0.29) is 6.29 Å². The van der Waals surface area contributed by atoms with E-state index in [1.807, 2.05) is 24.5 Å². The van der Waals surface area contributed by atoms with Crippen molar-refractivity contribution >= 4 is 19.1 Å². The van der Waals surface area contributed by atoms with Gasteiger partial charge in [0, 0.05) is 24.8 Å². The van der Waals surface area contributed by atoms with E-state index < -0.39 is 7.60 Å². The van der Waals surface area contributed by atoms with Crippen LogP contribution in [-0.2, 0) is 19.9 Å². The van der Waals surface area contributed by atoms with Crippen LogP contribution in [0.25, 0.3) is 10.6 Å². The first-order chi connectivity index (χ1) is 9.17. The second kappa shape index (κ2) is 6.34. The fourth-order valence-corrected chi connectivity index (χ4v) is 3.36. The molecule has 1 atom stereocenters. The van der Waals surface area contributed by atoms with Crippen LogP contribution in [0.4, 0.5) is 0 Å². The highest BCUT2D eigenvalue weighted by molar-refractivity contribution is 7.52. The molecule has 0 radical (unpaired) electrons. The van der Waals surface area contributed by atoms with Crippen molar-refractivity contribution in [3.05, 3.63) is 30.9 Å². The molecule has 8 heteroatoms. The molecule has 0 bridgehead atoms. The van der Waals surface area contributed by atoms with Gasteiger partial charge >= 0.3 is 7.60 Å². The average Bonchev–Trinajstić information content (AvgIpc) is 2.94. The molecule has 2 aromatic heterocycles. The minimum atomic E-state index is -3.06. The smallest absolute Gasteiger partial charge is 0.308 e. The lowest BCUT2D eigenvalue weighted by Gasteiger charge is -2.11. The Kier molecular flexibility index (Phi) is 4.76. The Morgan fingerprint density at radius 3 is 2.68 bits per heavy atom. The third-order valence-corrected chi connectivity index (χ3v) is 5.03. The number of nitrogens with zero attached hydrogens (tertiary/aromatic N) is 3. The van der Waals surface area contributed by atoms with Gasteiger partial charge in [0.05, 0.1) is 6.61 Å². The van der Waals surface area contributed by atoms with Crippen molar-refractivity contribution in [1.29, 1.82) is 0 Å². The van der Waals surface area contributed by atoms with Crippen LogP contribution >= 0.6 is 19.1 Å². The molecule has 0 spiro atoms. The molecule has 102 valence electrons. The van der Waals surface area contributed by atoms with Gasteiger partial charge in [-0.05, 0) is 18.5 Å². The van der Waals surface area contributed by atoms with Crippen molar-refractivity contribution in [2.45, 2.75) is 13.2 Å². The van der Waals surface area contributed by atoms with Gasteiger partial charge in [-0.2, -0.15) is 8.94 Å². The third-order valence-electron chi connectivity index (χ3n) is 2.44. The SMILES string of the molecule is CCOP(=O)(C[n+]1ccc(-c2ncns2)cc1)OC. The number of rotatable bonds is 6. The first kappa shape index (κ1) is 14.3. The molecule has 0 aliphatic heterocycles. The molecule has 0 aromatic carbocycles. The van der Waals surface area contributed by atoms with Gasteiger partial charge in [0.15, 0.2) is 12.4 Å². The summed E-state index contributed by atoms with van der Waals surface area (Å²) in [5.41, 5.74) is 0.974. The molecule has 2 aromatic rings. The summed E-state index contributed by atoms with van der Waals surface area (Å²) in [4.78, 5) is 4.13. The zero-order chi connectivity index (χ0) is 13.7. The van der Waals surface area contributed by atoms with E-state index in [9.17, 15) is 4.57 Å². The van der Waals surface area contributed by atoms with Gasteiger partial charge in [-0.15, -0.1) is 0 Å². The van der Waals surface area contributed by atoms with Crippen LogP contribution in [0.1, 0.15) is 6.92 Å². The molecule has 19 heavy (non-hydrogen) atoms. The largest absolute Gasteiger partial charge is 0.394 e. The molecule has 0 aliphatic carbocycles. The van der Waals surface area contributed by atoms with Crippen molar-refractivity contribution in [2.75, 3.05) is 13.7 Å². The molecule has 1 unspecified atom stereocenters. The quantitative estimate of drug-likeness (QED) is 0.605. The van der Waals surface area contributed by atoms with E-state index in [4.69, 9.17) is 9.05 Å². The second-order valence-corrected chi connectivity index (χ2v) is 6.61. The Morgan fingerprint density at radius 1 is 1.42 bits per heavy atom. The van der Waals surface area contributed by atoms with Crippen molar-refractivity contribution in [3.63, 3.8) is 0 Å². The van der Waals surface area contributed by atoms with E-state index in [1.165, 1.54) is 25.0 Å². The molecule has 2 heterocycles. The van der Waals surface area contributed by atoms with Gasteiger partial charge in [0.2, 0.25) is 6.29 Å². The lowest BCUT2D eigenvalue weighted by atomic mass is 10.3. The molecule has 6 nitrogen and oxygen atoms in total. The summed E-state index contributed by atoms with van der Waals surface area (Å²) in [6.45, 7) is 2.14. The van der Waals surface area contributed by atoms with E-state index in [0.29, 0.717) is 6.61 Å². The van der Waals surface area contributed by atoms with Crippen molar-refractivity contribution < 1.29 is 18.2 Å². The first-order valence-electron chi connectivity index (χ1n) is 5.72. The standard InChI is InChI=1S/C11H15N3O3PS/c1-3-17-18(15,16-2)9-14-6-4-10(5-7-14)11-12-8-13-19-11/h4-8H,3,9H2,1-2H3/q+1. The monoisotopic (exact) mass is 300 g/mol. The van der Waals surface area contributed by atoms with Crippen molar-refractivity contribution in [2.24, 2.45) is 0 Å². The number of aromatic nitrogens is 3. The maximum atomic E-state index is 12.2. The summed E-state index contributed by atoms with van der Waals surface area (Å²) in [6, 6.07) is 3.79. The van der Waals surface area contributed by atoms with Crippen LogP contribution in [0.5, 0.6) is 0 Å². The number of hydrogen-bond acceptors (Lipinski definition) is 6. The zero-order valence-electron chi connectivity index (χ0n) is 10.7. The van der Waals surface area contributed by atoms with Crippen LogP contribution in [0, 0.1) is 0 Å². The highest BCUT2D eigenvalue weighted by Gasteiger charge is 2.28. The summed E-state index contributed by atoms with van der Waals surface area (Å²) in [5.74, 6) is 0.